The van der Waals surface area contributed by atoms with E-state index in [4.69, 9.17) is 11.6 Å². The number of aromatic nitrogens is 1. The van der Waals surface area contributed by atoms with Gasteiger partial charge in [-0.05, 0) is 39.0 Å². The van der Waals surface area contributed by atoms with E-state index in [-0.39, 0.29) is 5.41 Å². The topological polar surface area (TPSA) is 15.8 Å². The average molecular weight is 287 g/mol. The molecule has 0 atom stereocenters. The molecule has 1 aromatic heterocycles. The van der Waals surface area contributed by atoms with Gasteiger partial charge in [0.15, 0.2) is 0 Å². The van der Waals surface area contributed by atoms with Crippen LogP contribution < -0.4 is 0 Å². The Kier molecular flexibility index (Phi) is 2.60. The molecule has 1 nitrogen and oxygen atoms in total. The molecule has 2 aromatic rings. The minimum absolute atomic E-state index is 0.0999. The third-order valence-corrected chi connectivity index (χ3v) is 3.83. The predicted molar refractivity (Wildman–Crippen MR) is 69.7 cm³/mol. The summed E-state index contributed by atoms with van der Waals surface area (Å²) in [5.41, 5.74) is 2.44. The zero-order valence-corrected chi connectivity index (χ0v) is 11.3. The van der Waals surface area contributed by atoms with E-state index in [2.05, 4.69) is 41.7 Å². The van der Waals surface area contributed by atoms with Crippen molar-refractivity contribution in [2.24, 2.45) is 0 Å². The van der Waals surface area contributed by atoms with E-state index in [1.165, 1.54) is 5.56 Å². The molecule has 80 valence electrons. The Bertz CT molecular complexity index is 508. The molecule has 0 saturated heterocycles. The Labute approximate surface area is 103 Å². The summed E-state index contributed by atoms with van der Waals surface area (Å²) in [6, 6.07) is 4.01. The number of H-pyrrole nitrogens is 1. The summed E-state index contributed by atoms with van der Waals surface area (Å²) in [5.74, 6) is 0. The third kappa shape index (κ3) is 1.81. The van der Waals surface area contributed by atoms with Crippen molar-refractivity contribution in [3.63, 3.8) is 0 Å². The zero-order valence-electron chi connectivity index (χ0n) is 8.99. The summed E-state index contributed by atoms with van der Waals surface area (Å²) < 4.78 is 0.946. The molecule has 0 radical (unpaired) electrons. The van der Waals surface area contributed by atoms with Gasteiger partial charge in [-0.3, -0.25) is 0 Å². The van der Waals surface area contributed by atoms with Gasteiger partial charge >= 0.3 is 0 Å². The van der Waals surface area contributed by atoms with Crippen LogP contribution in [0.1, 0.15) is 26.3 Å². The van der Waals surface area contributed by atoms with Gasteiger partial charge in [0.05, 0.1) is 5.02 Å². The first-order valence-electron chi connectivity index (χ1n) is 4.87. The highest BCUT2D eigenvalue weighted by Crippen LogP contribution is 2.37. The highest BCUT2D eigenvalue weighted by atomic mass is 79.9. The number of rotatable bonds is 0. The van der Waals surface area contributed by atoms with E-state index >= 15 is 0 Å². The second kappa shape index (κ2) is 3.53. The second-order valence-electron chi connectivity index (χ2n) is 4.74. The minimum atomic E-state index is 0.0999. The lowest BCUT2D eigenvalue weighted by molar-refractivity contribution is 0.596. The molecular formula is C12H13BrClN. The number of hydrogen-bond donors (Lipinski definition) is 1. The average Bonchev–Trinajstić information content (AvgIpc) is 2.54. The van der Waals surface area contributed by atoms with Crippen LogP contribution in [-0.2, 0) is 5.41 Å². The lowest BCUT2D eigenvalue weighted by Gasteiger charge is -2.18. The van der Waals surface area contributed by atoms with E-state index in [9.17, 15) is 0 Å². The fourth-order valence-corrected chi connectivity index (χ4v) is 2.34. The molecule has 0 fully saturated rings. The molecule has 1 aromatic carbocycles. The van der Waals surface area contributed by atoms with Crippen LogP contribution >= 0.6 is 27.5 Å². The van der Waals surface area contributed by atoms with Gasteiger partial charge < -0.3 is 4.98 Å². The lowest BCUT2D eigenvalue weighted by atomic mass is 9.87. The molecule has 0 bridgehead atoms. The van der Waals surface area contributed by atoms with Crippen LogP contribution in [0.5, 0.6) is 0 Å². The summed E-state index contributed by atoms with van der Waals surface area (Å²) in [6.45, 7) is 6.56. The maximum atomic E-state index is 6.31. The van der Waals surface area contributed by atoms with E-state index in [0.717, 1.165) is 20.4 Å². The van der Waals surface area contributed by atoms with Gasteiger partial charge in [-0.25, -0.2) is 0 Å². The summed E-state index contributed by atoms with van der Waals surface area (Å²) in [6.07, 6.45) is 2.04. The molecule has 0 aliphatic rings. The third-order valence-electron chi connectivity index (χ3n) is 2.54. The number of hydrogen-bond acceptors (Lipinski definition) is 0. The van der Waals surface area contributed by atoms with Gasteiger partial charge in [0, 0.05) is 21.6 Å². The number of benzene rings is 1. The van der Waals surface area contributed by atoms with Gasteiger partial charge in [-0.2, -0.15) is 0 Å². The molecule has 15 heavy (non-hydrogen) atoms. The molecule has 0 aliphatic carbocycles. The van der Waals surface area contributed by atoms with Crippen molar-refractivity contribution in [2.45, 2.75) is 26.2 Å². The summed E-state index contributed by atoms with van der Waals surface area (Å²) in [7, 11) is 0. The van der Waals surface area contributed by atoms with E-state index < -0.39 is 0 Å². The Morgan fingerprint density at radius 3 is 2.53 bits per heavy atom. The van der Waals surface area contributed by atoms with Crippen molar-refractivity contribution in [2.75, 3.05) is 0 Å². The first-order chi connectivity index (χ1) is 6.91. The Morgan fingerprint density at radius 2 is 1.93 bits per heavy atom. The Morgan fingerprint density at radius 1 is 1.27 bits per heavy atom. The quantitative estimate of drug-likeness (QED) is 0.710. The van der Waals surface area contributed by atoms with Gasteiger partial charge in [0.1, 0.15) is 0 Å². The molecule has 0 spiro atoms. The maximum Gasteiger partial charge on any atom is 0.0644 e. The maximum absolute atomic E-state index is 6.31. The highest BCUT2D eigenvalue weighted by molar-refractivity contribution is 9.10. The second-order valence-corrected chi connectivity index (χ2v) is 5.97. The van der Waals surface area contributed by atoms with E-state index in [1.807, 2.05) is 18.3 Å². The molecule has 0 aliphatic heterocycles. The fourth-order valence-electron chi connectivity index (χ4n) is 1.75. The van der Waals surface area contributed by atoms with Gasteiger partial charge in [-0.15, -0.1) is 0 Å². The van der Waals surface area contributed by atoms with Crippen LogP contribution in [0.15, 0.2) is 22.8 Å². The molecule has 3 heteroatoms. The molecular weight excluding hydrogens is 273 g/mol. The van der Waals surface area contributed by atoms with Gasteiger partial charge in [-0.1, -0.05) is 32.4 Å². The Hall–Kier alpha value is -0.470. The molecule has 0 saturated carbocycles. The van der Waals surface area contributed by atoms with Crippen LogP contribution in [0, 0.1) is 0 Å². The fraction of sp³-hybridized carbons (Fsp3) is 0.333. The minimum Gasteiger partial charge on any atom is -0.361 e. The first kappa shape index (κ1) is 11.0. The smallest absolute Gasteiger partial charge is 0.0644 e. The highest BCUT2D eigenvalue weighted by Gasteiger charge is 2.20. The lowest BCUT2D eigenvalue weighted by Crippen LogP contribution is -2.10. The molecule has 1 N–H and O–H groups in total. The molecule has 0 amide bonds. The van der Waals surface area contributed by atoms with Gasteiger partial charge in [0.25, 0.3) is 0 Å². The van der Waals surface area contributed by atoms with Crippen LogP contribution in [0.2, 0.25) is 5.02 Å². The number of aromatic amines is 1. The van der Waals surface area contributed by atoms with Gasteiger partial charge in [0.2, 0.25) is 0 Å². The van der Waals surface area contributed by atoms with Crippen LogP contribution in [-0.4, -0.2) is 4.98 Å². The number of nitrogens with one attached hydrogen (secondary N) is 1. The van der Waals surface area contributed by atoms with Crippen LogP contribution in [0.25, 0.3) is 10.9 Å². The Balaban J connectivity index is 2.84. The SMILES string of the molecule is CC(C)(C)c1c[nH]c2ccc(Br)c(Cl)c12. The molecule has 0 unspecified atom stereocenters. The normalized spacial score (nSPS) is 12.3. The number of halogens is 2. The van der Waals surface area contributed by atoms with Crippen molar-refractivity contribution >= 4 is 38.4 Å². The van der Waals surface area contributed by atoms with Crippen molar-refractivity contribution in [1.82, 2.24) is 4.98 Å². The van der Waals surface area contributed by atoms with E-state index in [1.54, 1.807) is 0 Å². The van der Waals surface area contributed by atoms with Crippen molar-refractivity contribution < 1.29 is 0 Å². The van der Waals surface area contributed by atoms with E-state index in [0.29, 0.717) is 0 Å². The molecule has 1 heterocycles. The molecule has 2 rings (SSSR count). The summed E-state index contributed by atoms with van der Waals surface area (Å²) >= 11 is 9.77. The monoisotopic (exact) mass is 285 g/mol. The largest absolute Gasteiger partial charge is 0.361 e. The standard InChI is InChI=1S/C12H13BrClN/c1-12(2,3)7-6-15-9-5-4-8(13)11(14)10(7)9/h4-6,15H,1-3H3. The summed E-state index contributed by atoms with van der Waals surface area (Å²) in [5, 5.41) is 1.91. The zero-order chi connectivity index (χ0) is 11.2. The first-order valence-corrected chi connectivity index (χ1v) is 6.04. The summed E-state index contributed by atoms with van der Waals surface area (Å²) in [4.78, 5) is 3.26. The van der Waals surface area contributed by atoms with Crippen LogP contribution in [0.3, 0.4) is 0 Å². The number of fused-ring (bicyclic) bond motifs is 1. The predicted octanol–water partition coefficient (Wildman–Crippen LogP) is 4.88. The van der Waals surface area contributed by atoms with Crippen molar-refractivity contribution in [3.8, 4) is 0 Å². The van der Waals surface area contributed by atoms with Crippen molar-refractivity contribution in [1.29, 1.82) is 0 Å². The van der Waals surface area contributed by atoms with Crippen molar-refractivity contribution in [3.05, 3.63) is 33.4 Å². The van der Waals surface area contributed by atoms with Crippen LogP contribution in [0.4, 0.5) is 0 Å².